The van der Waals surface area contributed by atoms with Crippen molar-refractivity contribution in [3.8, 4) is 0 Å². The van der Waals surface area contributed by atoms with Crippen LogP contribution in [0, 0.1) is 0 Å². The highest BCUT2D eigenvalue weighted by Crippen LogP contribution is 2.22. The van der Waals surface area contributed by atoms with E-state index in [0.29, 0.717) is 24.2 Å². The summed E-state index contributed by atoms with van der Waals surface area (Å²) in [5, 5.41) is 2.85. The molecule has 0 spiro atoms. The summed E-state index contributed by atoms with van der Waals surface area (Å²) in [4.78, 5) is 21.0. The maximum atomic E-state index is 12.0. The molecule has 0 aliphatic heterocycles. The summed E-state index contributed by atoms with van der Waals surface area (Å²) in [5.74, 6) is 0.723. The van der Waals surface area contributed by atoms with Gasteiger partial charge in [-0.05, 0) is 18.2 Å². The van der Waals surface area contributed by atoms with Crippen LogP contribution in [0.15, 0.2) is 30.6 Å². The molecule has 106 valence electrons. The first kappa shape index (κ1) is 13.9. The van der Waals surface area contributed by atoms with E-state index in [1.807, 2.05) is 25.1 Å². The number of amides is 1. The van der Waals surface area contributed by atoms with Gasteiger partial charge in [-0.1, -0.05) is 0 Å². The van der Waals surface area contributed by atoms with E-state index in [-0.39, 0.29) is 5.91 Å². The molecule has 0 unspecified atom stereocenters. The summed E-state index contributed by atoms with van der Waals surface area (Å²) >= 11 is 0. The zero-order chi connectivity index (χ0) is 14.5. The number of hydrogen-bond acceptors (Lipinski definition) is 4. The number of carbonyl (C=O) groups is 1. The highest BCUT2D eigenvalue weighted by atomic mass is 16.1. The molecule has 0 aliphatic rings. The van der Waals surface area contributed by atoms with Crippen LogP contribution >= 0.6 is 0 Å². The van der Waals surface area contributed by atoms with Gasteiger partial charge in [0.05, 0.1) is 11.4 Å². The average Bonchev–Trinajstić information content (AvgIpc) is 2.91. The normalized spacial score (nSPS) is 10.3. The molecule has 0 saturated carbocycles. The standard InChI is InChI=1S/C14H19N5O/c1-19(2)12-4-3-10(9-11(12)15)14(20)18-6-5-13-16-7-8-17-13/h3-4,7-9H,5-6,15H2,1-2H3,(H,16,17)(H,18,20). The Kier molecular flexibility index (Phi) is 4.24. The number of nitrogen functional groups attached to an aromatic ring is 1. The van der Waals surface area contributed by atoms with Crippen molar-refractivity contribution in [1.82, 2.24) is 15.3 Å². The molecule has 6 nitrogen and oxygen atoms in total. The topological polar surface area (TPSA) is 87.0 Å². The first-order valence-electron chi connectivity index (χ1n) is 6.41. The molecule has 0 saturated heterocycles. The van der Waals surface area contributed by atoms with Crippen LogP contribution in [0.3, 0.4) is 0 Å². The number of nitrogens with two attached hydrogens (primary N) is 1. The second kappa shape index (κ2) is 6.10. The van der Waals surface area contributed by atoms with Crippen molar-refractivity contribution in [3.05, 3.63) is 42.0 Å². The van der Waals surface area contributed by atoms with Gasteiger partial charge >= 0.3 is 0 Å². The van der Waals surface area contributed by atoms with Gasteiger partial charge in [0.2, 0.25) is 0 Å². The van der Waals surface area contributed by atoms with Crippen LogP contribution in [-0.4, -0.2) is 36.5 Å². The molecule has 0 aliphatic carbocycles. The molecule has 2 aromatic rings. The van der Waals surface area contributed by atoms with Crippen LogP contribution in [-0.2, 0) is 6.42 Å². The SMILES string of the molecule is CN(C)c1ccc(C(=O)NCCc2ncc[nH]2)cc1N. The van der Waals surface area contributed by atoms with E-state index in [0.717, 1.165) is 11.5 Å². The fourth-order valence-electron chi connectivity index (χ4n) is 1.93. The van der Waals surface area contributed by atoms with Crippen LogP contribution < -0.4 is 16.0 Å². The van der Waals surface area contributed by atoms with Crippen molar-refractivity contribution >= 4 is 17.3 Å². The Bertz CT molecular complexity index is 577. The van der Waals surface area contributed by atoms with Crippen molar-refractivity contribution < 1.29 is 4.79 Å². The first-order valence-corrected chi connectivity index (χ1v) is 6.41. The molecule has 1 amide bonds. The molecular formula is C14H19N5O. The Morgan fingerprint density at radius 2 is 2.25 bits per heavy atom. The number of carbonyl (C=O) groups excluding carboxylic acids is 1. The van der Waals surface area contributed by atoms with E-state index in [1.54, 1.807) is 24.5 Å². The van der Waals surface area contributed by atoms with Crippen molar-refractivity contribution in [2.75, 3.05) is 31.3 Å². The maximum Gasteiger partial charge on any atom is 0.251 e. The molecule has 0 bridgehead atoms. The number of benzene rings is 1. The van der Waals surface area contributed by atoms with Crippen molar-refractivity contribution in [1.29, 1.82) is 0 Å². The molecule has 1 aromatic heterocycles. The molecule has 0 radical (unpaired) electrons. The van der Waals surface area contributed by atoms with Crippen LogP contribution in [0.5, 0.6) is 0 Å². The largest absolute Gasteiger partial charge is 0.397 e. The first-order chi connectivity index (χ1) is 9.58. The third kappa shape index (κ3) is 3.28. The van der Waals surface area contributed by atoms with Crippen LogP contribution in [0.2, 0.25) is 0 Å². The third-order valence-electron chi connectivity index (χ3n) is 2.97. The minimum atomic E-state index is -0.131. The van der Waals surface area contributed by atoms with Crippen molar-refractivity contribution in [2.45, 2.75) is 6.42 Å². The zero-order valence-electron chi connectivity index (χ0n) is 11.7. The monoisotopic (exact) mass is 273 g/mol. The number of hydrogen-bond donors (Lipinski definition) is 3. The number of H-pyrrole nitrogens is 1. The van der Waals surface area contributed by atoms with Gasteiger partial charge in [-0.15, -0.1) is 0 Å². The lowest BCUT2D eigenvalue weighted by molar-refractivity contribution is 0.0954. The molecule has 1 aromatic carbocycles. The van der Waals surface area contributed by atoms with Gasteiger partial charge in [-0.25, -0.2) is 4.98 Å². The number of nitrogens with one attached hydrogen (secondary N) is 2. The predicted molar refractivity (Wildman–Crippen MR) is 79.8 cm³/mol. The molecule has 0 fully saturated rings. The quantitative estimate of drug-likeness (QED) is 0.710. The fraction of sp³-hybridized carbons (Fsp3) is 0.286. The summed E-state index contributed by atoms with van der Waals surface area (Å²) in [6.07, 6.45) is 4.12. The lowest BCUT2D eigenvalue weighted by atomic mass is 10.1. The number of aromatic nitrogens is 2. The van der Waals surface area contributed by atoms with Gasteiger partial charge in [0.1, 0.15) is 5.82 Å². The van der Waals surface area contributed by atoms with E-state index in [2.05, 4.69) is 15.3 Å². The second-order valence-corrected chi connectivity index (χ2v) is 4.71. The fourth-order valence-corrected chi connectivity index (χ4v) is 1.93. The number of imidazole rings is 1. The van der Waals surface area contributed by atoms with Gasteiger partial charge < -0.3 is 20.9 Å². The Hall–Kier alpha value is -2.50. The van der Waals surface area contributed by atoms with Crippen LogP contribution in [0.1, 0.15) is 16.2 Å². The molecule has 1 heterocycles. The predicted octanol–water partition coefficient (Wildman–Crippen LogP) is 1.03. The Morgan fingerprint density at radius 3 is 2.85 bits per heavy atom. The van der Waals surface area contributed by atoms with Gasteiger partial charge in [-0.3, -0.25) is 4.79 Å². The van der Waals surface area contributed by atoms with Crippen LogP contribution in [0.25, 0.3) is 0 Å². The second-order valence-electron chi connectivity index (χ2n) is 4.71. The van der Waals surface area contributed by atoms with Gasteiger partial charge in [0, 0.05) is 45.0 Å². The average molecular weight is 273 g/mol. The molecule has 4 N–H and O–H groups in total. The van der Waals surface area contributed by atoms with Crippen LogP contribution in [0.4, 0.5) is 11.4 Å². The molecule has 0 atom stereocenters. The number of anilines is 2. The van der Waals surface area contributed by atoms with E-state index in [4.69, 9.17) is 5.73 Å². The third-order valence-corrected chi connectivity index (χ3v) is 2.97. The van der Waals surface area contributed by atoms with Crippen molar-refractivity contribution in [3.63, 3.8) is 0 Å². The molecular weight excluding hydrogens is 254 g/mol. The maximum absolute atomic E-state index is 12.0. The lowest BCUT2D eigenvalue weighted by Crippen LogP contribution is -2.26. The minimum absolute atomic E-state index is 0.131. The van der Waals surface area contributed by atoms with Gasteiger partial charge in [0.25, 0.3) is 5.91 Å². The Morgan fingerprint density at radius 1 is 1.45 bits per heavy atom. The summed E-state index contributed by atoms with van der Waals surface area (Å²) in [7, 11) is 3.82. The molecule has 2 rings (SSSR count). The Labute approximate surface area is 118 Å². The smallest absolute Gasteiger partial charge is 0.251 e. The molecule has 20 heavy (non-hydrogen) atoms. The highest BCUT2D eigenvalue weighted by molar-refractivity contribution is 5.96. The minimum Gasteiger partial charge on any atom is -0.397 e. The van der Waals surface area contributed by atoms with E-state index < -0.39 is 0 Å². The summed E-state index contributed by atoms with van der Waals surface area (Å²) in [6.45, 7) is 0.529. The van der Waals surface area contributed by atoms with E-state index in [1.165, 1.54) is 0 Å². The van der Waals surface area contributed by atoms with E-state index >= 15 is 0 Å². The van der Waals surface area contributed by atoms with Gasteiger partial charge in [0.15, 0.2) is 0 Å². The zero-order valence-corrected chi connectivity index (χ0v) is 11.7. The van der Waals surface area contributed by atoms with Gasteiger partial charge in [-0.2, -0.15) is 0 Å². The number of nitrogens with zero attached hydrogens (tertiary/aromatic N) is 2. The van der Waals surface area contributed by atoms with E-state index in [9.17, 15) is 4.79 Å². The molecule has 6 heteroatoms. The number of aromatic amines is 1. The lowest BCUT2D eigenvalue weighted by Gasteiger charge is -2.15. The Balaban J connectivity index is 1.94. The summed E-state index contributed by atoms with van der Waals surface area (Å²) in [5.41, 5.74) is 7.98. The summed E-state index contributed by atoms with van der Waals surface area (Å²) < 4.78 is 0. The van der Waals surface area contributed by atoms with Crippen molar-refractivity contribution in [2.24, 2.45) is 0 Å². The number of rotatable bonds is 5. The highest BCUT2D eigenvalue weighted by Gasteiger charge is 2.09. The summed E-state index contributed by atoms with van der Waals surface area (Å²) in [6, 6.07) is 5.31.